The van der Waals surface area contributed by atoms with E-state index in [-0.39, 0.29) is 5.92 Å². The molecule has 0 fully saturated rings. The molecule has 0 saturated heterocycles. The molecule has 1 unspecified atom stereocenters. The average molecular weight is 214 g/mol. The van der Waals surface area contributed by atoms with Gasteiger partial charge in [0.2, 0.25) is 0 Å². The molecule has 12 heavy (non-hydrogen) atoms. The summed E-state index contributed by atoms with van der Waals surface area (Å²) in [6.45, 7) is 7.70. The van der Waals surface area contributed by atoms with Crippen molar-refractivity contribution in [2.24, 2.45) is 5.92 Å². The highest BCUT2D eigenvalue weighted by Gasteiger charge is 2.24. The number of halogens is 2. The van der Waals surface area contributed by atoms with Crippen LogP contribution >= 0.6 is 21.6 Å². The second kappa shape index (κ2) is 6.08. The van der Waals surface area contributed by atoms with Crippen molar-refractivity contribution < 1.29 is 8.78 Å². The van der Waals surface area contributed by atoms with Crippen LogP contribution in [-0.2, 0) is 0 Å². The molecule has 0 N–H and O–H groups in total. The first kappa shape index (κ1) is 12.6. The highest BCUT2D eigenvalue weighted by molar-refractivity contribution is 8.77. The second-order valence-electron chi connectivity index (χ2n) is 3.28. The van der Waals surface area contributed by atoms with E-state index in [2.05, 4.69) is 0 Å². The molecule has 0 aliphatic rings. The van der Waals surface area contributed by atoms with Crippen LogP contribution in [0.1, 0.15) is 27.7 Å². The fourth-order valence-corrected chi connectivity index (χ4v) is 3.25. The lowest BCUT2D eigenvalue weighted by Crippen LogP contribution is -2.19. The predicted octanol–water partition coefficient (Wildman–Crippen LogP) is 4.07. The van der Waals surface area contributed by atoms with Gasteiger partial charge in [-0.3, -0.25) is 0 Å². The van der Waals surface area contributed by atoms with Crippen molar-refractivity contribution in [3.05, 3.63) is 0 Å². The largest absolute Gasteiger partial charge is 0.251 e. The SMILES string of the molecule is CC(C)SSC(C(C)C)C(F)F. The van der Waals surface area contributed by atoms with E-state index in [1.54, 1.807) is 0 Å². The molecule has 0 aromatic rings. The van der Waals surface area contributed by atoms with Crippen LogP contribution < -0.4 is 0 Å². The van der Waals surface area contributed by atoms with Gasteiger partial charge in [0, 0.05) is 5.25 Å². The van der Waals surface area contributed by atoms with E-state index in [1.165, 1.54) is 21.6 Å². The highest BCUT2D eigenvalue weighted by atomic mass is 33.1. The second-order valence-corrected chi connectivity index (χ2v) is 6.31. The average Bonchev–Trinajstić information content (AvgIpc) is 1.84. The monoisotopic (exact) mass is 214 g/mol. The topological polar surface area (TPSA) is 0 Å². The Balaban J connectivity index is 3.80. The smallest absolute Gasteiger partial charge is 0.209 e. The van der Waals surface area contributed by atoms with E-state index in [0.29, 0.717) is 5.25 Å². The highest BCUT2D eigenvalue weighted by Crippen LogP contribution is 2.37. The van der Waals surface area contributed by atoms with Crippen molar-refractivity contribution in [3.8, 4) is 0 Å². The lowest BCUT2D eigenvalue weighted by molar-refractivity contribution is 0.130. The van der Waals surface area contributed by atoms with E-state index in [0.717, 1.165) is 0 Å². The Morgan fingerprint density at radius 3 is 1.67 bits per heavy atom. The van der Waals surface area contributed by atoms with E-state index in [4.69, 9.17) is 0 Å². The van der Waals surface area contributed by atoms with Crippen molar-refractivity contribution in [1.29, 1.82) is 0 Å². The maximum absolute atomic E-state index is 12.4. The Kier molecular flexibility index (Phi) is 6.36. The molecular formula is C8H16F2S2. The Morgan fingerprint density at radius 2 is 1.42 bits per heavy atom. The molecule has 0 amide bonds. The van der Waals surface area contributed by atoms with Crippen LogP contribution in [0.25, 0.3) is 0 Å². The lowest BCUT2D eigenvalue weighted by Gasteiger charge is -2.19. The Morgan fingerprint density at radius 1 is 0.917 bits per heavy atom. The van der Waals surface area contributed by atoms with Crippen molar-refractivity contribution >= 4 is 21.6 Å². The lowest BCUT2D eigenvalue weighted by atomic mass is 10.1. The normalized spacial score (nSPS) is 14.8. The third-order valence-corrected chi connectivity index (χ3v) is 4.89. The van der Waals surface area contributed by atoms with E-state index >= 15 is 0 Å². The fraction of sp³-hybridized carbons (Fsp3) is 1.00. The summed E-state index contributed by atoms with van der Waals surface area (Å²) in [5, 5.41) is -0.118. The standard InChI is InChI=1S/C8H16F2S2/c1-5(2)7(8(9)10)12-11-6(3)4/h5-8H,1-4H3. The molecule has 0 aliphatic carbocycles. The van der Waals surface area contributed by atoms with Gasteiger partial charge in [-0.15, -0.1) is 0 Å². The predicted molar refractivity (Wildman–Crippen MR) is 54.9 cm³/mol. The van der Waals surface area contributed by atoms with E-state index < -0.39 is 11.7 Å². The van der Waals surface area contributed by atoms with Gasteiger partial charge in [0.15, 0.2) is 0 Å². The first-order chi connectivity index (χ1) is 5.45. The molecule has 0 saturated carbocycles. The van der Waals surface area contributed by atoms with Crippen molar-refractivity contribution in [1.82, 2.24) is 0 Å². The molecule has 0 aromatic carbocycles. The molecular weight excluding hydrogens is 198 g/mol. The third-order valence-electron chi connectivity index (χ3n) is 1.26. The molecule has 0 nitrogen and oxygen atoms in total. The van der Waals surface area contributed by atoms with Crippen LogP contribution in [-0.4, -0.2) is 16.9 Å². The van der Waals surface area contributed by atoms with Gasteiger partial charge in [0.25, 0.3) is 6.43 Å². The van der Waals surface area contributed by atoms with Crippen LogP contribution in [0.2, 0.25) is 0 Å². The zero-order chi connectivity index (χ0) is 9.72. The van der Waals surface area contributed by atoms with Gasteiger partial charge in [-0.2, -0.15) is 0 Å². The Labute approximate surface area is 81.3 Å². The van der Waals surface area contributed by atoms with E-state index in [9.17, 15) is 8.78 Å². The zero-order valence-corrected chi connectivity index (χ0v) is 9.51. The van der Waals surface area contributed by atoms with Gasteiger partial charge in [-0.25, -0.2) is 8.78 Å². The maximum Gasteiger partial charge on any atom is 0.251 e. The van der Waals surface area contributed by atoms with Crippen LogP contribution in [0.5, 0.6) is 0 Å². The van der Waals surface area contributed by atoms with Gasteiger partial charge in [0.05, 0.1) is 5.25 Å². The molecule has 1 atom stereocenters. The molecule has 0 heterocycles. The number of rotatable bonds is 5. The number of hydrogen-bond donors (Lipinski definition) is 0. The maximum atomic E-state index is 12.4. The Bertz CT molecular complexity index is 108. The van der Waals surface area contributed by atoms with Gasteiger partial charge < -0.3 is 0 Å². The first-order valence-electron chi connectivity index (χ1n) is 4.05. The molecule has 74 valence electrons. The summed E-state index contributed by atoms with van der Waals surface area (Å²) in [5.74, 6) is 0.0428. The van der Waals surface area contributed by atoms with Crippen LogP contribution in [0.15, 0.2) is 0 Å². The fourth-order valence-electron chi connectivity index (χ4n) is 0.619. The summed E-state index contributed by atoms with van der Waals surface area (Å²) in [6, 6.07) is 0. The summed E-state index contributed by atoms with van der Waals surface area (Å²) < 4.78 is 24.7. The molecule has 4 heteroatoms. The molecule has 0 aliphatic heterocycles. The number of hydrogen-bond acceptors (Lipinski definition) is 2. The van der Waals surface area contributed by atoms with Crippen molar-refractivity contribution in [3.63, 3.8) is 0 Å². The van der Waals surface area contributed by atoms with Gasteiger partial charge >= 0.3 is 0 Å². The molecule has 0 radical (unpaired) electrons. The minimum atomic E-state index is -2.21. The van der Waals surface area contributed by atoms with Crippen LogP contribution in [0, 0.1) is 5.92 Å². The van der Waals surface area contributed by atoms with E-state index in [1.807, 2.05) is 27.7 Å². The number of alkyl halides is 2. The minimum Gasteiger partial charge on any atom is -0.209 e. The molecule has 0 spiro atoms. The van der Waals surface area contributed by atoms with Crippen LogP contribution in [0.4, 0.5) is 8.78 Å². The summed E-state index contributed by atoms with van der Waals surface area (Å²) in [6.07, 6.45) is -2.21. The molecule has 0 rings (SSSR count). The Hall–Kier alpha value is 0.560. The summed E-state index contributed by atoms with van der Waals surface area (Å²) >= 11 is 0. The first-order valence-corrected chi connectivity index (χ1v) is 6.33. The quantitative estimate of drug-likeness (QED) is 0.633. The molecule has 0 aromatic heterocycles. The third kappa shape index (κ3) is 5.25. The van der Waals surface area contributed by atoms with Crippen molar-refractivity contribution in [2.45, 2.75) is 44.6 Å². The minimum absolute atomic E-state index is 0.0428. The zero-order valence-electron chi connectivity index (χ0n) is 7.88. The van der Waals surface area contributed by atoms with Gasteiger partial charge in [-0.1, -0.05) is 49.3 Å². The van der Waals surface area contributed by atoms with Gasteiger partial charge in [-0.05, 0) is 5.92 Å². The van der Waals surface area contributed by atoms with Crippen LogP contribution in [0.3, 0.4) is 0 Å². The summed E-state index contributed by atoms with van der Waals surface area (Å²) in [5.41, 5.74) is 0. The van der Waals surface area contributed by atoms with Gasteiger partial charge in [0.1, 0.15) is 0 Å². The van der Waals surface area contributed by atoms with Crippen molar-refractivity contribution in [2.75, 3.05) is 0 Å². The molecule has 0 bridgehead atoms. The summed E-state index contributed by atoms with van der Waals surface area (Å²) in [4.78, 5) is 0. The summed E-state index contributed by atoms with van der Waals surface area (Å²) in [7, 11) is 2.85.